The summed E-state index contributed by atoms with van der Waals surface area (Å²) in [6, 6.07) is -0.634. The average Bonchev–Trinajstić information content (AvgIpc) is 3.53. The first-order valence-corrected chi connectivity index (χ1v) is 12.2. The molecule has 1 aliphatic rings. The Labute approximate surface area is 189 Å². The third-order valence-corrected chi connectivity index (χ3v) is 5.78. The second-order valence-corrected chi connectivity index (χ2v) is 8.63. The number of aliphatic hydroxyl groups is 2. The van der Waals surface area contributed by atoms with Crippen LogP contribution in [0.15, 0.2) is 22.4 Å². The van der Waals surface area contributed by atoms with Gasteiger partial charge in [-0.05, 0) is 44.9 Å². The topological polar surface area (TPSA) is 94.3 Å². The maximum atomic E-state index is 11.9. The number of nitrogens with one attached hydrogen (secondary N) is 1. The van der Waals surface area contributed by atoms with E-state index in [2.05, 4.69) is 28.4 Å². The number of unbranched alkanes of at least 4 members (excludes halogenated alkanes) is 9. The van der Waals surface area contributed by atoms with Crippen molar-refractivity contribution in [1.29, 1.82) is 0 Å². The maximum absolute atomic E-state index is 11.9. The first kappa shape index (κ1) is 27.3. The lowest BCUT2D eigenvalue weighted by Crippen LogP contribution is -2.45. The van der Waals surface area contributed by atoms with Crippen molar-refractivity contribution in [2.24, 2.45) is 10.2 Å². The predicted octanol–water partition coefficient (Wildman–Crippen LogP) is 5.05. The smallest absolute Gasteiger partial charge is 0.220 e. The number of hydrogen-bond acceptors (Lipinski definition) is 5. The van der Waals surface area contributed by atoms with E-state index in [1.54, 1.807) is 6.08 Å². The van der Waals surface area contributed by atoms with Gasteiger partial charge in [-0.1, -0.05) is 57.6 Å². The summed E-state index contributed by atoms with van der Waals surface area (Å²) in [6.07, 6.45) is 23.3. The van der Waals surface area contributed by atoms with Gasteiger partial charge in [0.05, 0.1) is 18.8 Å². The quantitative estimate of drug-likeness (QED) is 0.142. The van der Waals surface area contributed by atoms with Gasteiger partial charge in [0.2, 0.25) is 5.91 Å². The van der Waals surface area contributed by atoms with Crippen LogP contribution >= 0.6 is 0 Å². The fourth-order valence-electron chi connectivity index (χ4n) is 3.67. The van der Waals surface area contributed by atoms with Crippen LogP contribution in [0.1, 0.15) is 103 Å². The molecule has 2 atom stereocenters. The highest BCUT2D eigenvalue weighted by Gasteiger charge is 2.38. The van der Waals surface area contributed by atoms with E-state index in [-0.39, 0.29) is 18.2 Å². The van der Waals surface area contributed by atoms with Crippen LogP contribution < -0.4 is 5.32 Å². The third-order valence-electron chi connectivity index (χ3n) is 5.78. The Kier molecular flexibility index (Phi) is 14.9. The number of allylic oxidation sites excluding steroid dienone is 1. The fourth-order valence-corrected chi connectivity index (χ4v) is 3.67. The van der Waals surface area contributed by atoms with E-state index < -0.39 is 12.1 Å². The van der Waals surface area contributed by atoms with Gasteiger partial charge in [-0.3, -0.25) is 4.79 Å². The van der Waals surface area contributed by atoms with Gasteiger partial charge < -0.3 is 15.5 Å². The van der Waals surface area contributed by atoms with E-state index in [1.807, 2.05) is 6.08 Å². The van der Waals surface area contributed by atoms with E-state index >= 15 is 0 Å². The number of carbonyl (C=O) groups is 1. The van der Waals surface area contributed by atoms with Crippen molar-refractivity contribution in [3.8, 4) is 12.3 Å². The molecule has 0 aliphatic carbocycles. The number of nitrogens with zero attached hydrogens (tertiary/aromatic N) is 2. The number of carbonyl (C=O) groups excluding carboxylic acids is 1. The van der Waals surface area contributed by atoms with E-state index in [0.29, 0.717) is 6.42 Å². The molecule has 0 bridgehead atoms. The van der Waals surface area contributed by atoms with Crippen molar-refractivity contribution in [3.05, 3.63) is 12.2 Å². The molecule has 6 nitrogen and oxygen atoms in total. The van der Waals surface area contributed by atoms with Crippen LogP contribution in [0.2, 0.25) is 0 Å². The molecule has 0 saturated carbocycles. The zero-order chi connectivity index (χ0) is 22.8. The Morgan fingerprint density at radius 2 is 1.74 bits per heavy atom. The molecule has 1 rings (SSSR count). The van der Waals surface area contributed by atoms with E-state index in [1.165, 1.54) is 32.1 Å². The molecular weight excluding hydrogens is 390 g/mol. The predicted molar refractivity (Wildman–Crippen MR) is 126 cm³/mol. The summed E-state index contributed by atoms with van der Waals surface area (Å²) in [4.78, 5) is 11.9. The molecule has 31 heavy (non-hydrogen) atoms. The van der Waals surface area contributed by atoms with Gasteiger partial charge in [0.1, 0.15) is 0 Å². The molecule has 1 aliphatic heterocycles. The lowest BCUT2D eigenvalue weighted by Gasteiger charge is -2.19. The van der Waals surface area contributed by atoms with E-state index in [9.17, 15) is 15.0 Å². The van der Waals surface area contributed by atoms with Gasteiger partial charge in [-0.25, -0.2) is 0 Å². The summed E-state index contributed by atoms with van der Waals surface area (Å²) in [5.41, 5.74) is -0.0934. The lowest BCUT2D eigenvalue weighted by atomic mass is 9.98. The Morgan fingerprint density at radius 3 is 2.39 bits per heavy atom. The lowest BCUT2D eigenvalue weighted by molar-refractivity contribution is -0.123. The Bertz CT molecular complexity index is 577. The molecule has 0 aromatic heterocycles. The number of rotatable bonds is 20. The number of aliphatic hydroxyl groups excluding tert-OH is 2. The first-order chi connectivity index (χ1) is 15.1. The largest absolute Gasteiger partial charge is 0.394 e. The van der Waals surface area contributed by atoms with Crippen molar-refractivity contribution in [2.75, 3.05) is 6.61 Å². The van der Waals surface area contributed by atoms with Crippen LogP contribution in [0, 0.1) is 12.3 Å². The summed E-state index contributed by atoms with van der Waals surface area (Å²) in [7, 11) is 0. The zero-order valence-electron chi connectivity index (χ0n) is 19.4. The SMILES string of the molecule is C#CCCCC1(CCCCCCCC/C=C/C(O)C(CO)NC(=O)CCCCC)N=N1. The van der Waals surface area contributed by atoms with Crippen molar-refractivity contribution < 1.29 is 15.0 Å². The standard InChI is InChI=1S/C25H43N3O3/c1-3-5-13-18-24(31)26-22(21-29)23(30)17-14-11-9-7-8-10-12-16-20-25(27-28-25)19-15-6-4-2/h2,14,17,22-23,29-30H,3,5-13,15-16,18-21H2,1H3,(H,26,31)/b17-14+. The Balaban J connectivity index is 2.02. The highest BCUT2D eigenvalue weighted by Crippen LogP contribution is 2.38. The number of terminal acetylenes is 1. The average molecular weight is 434 g/mol. The van der Waals surface area contributed by atoms with Crippen molar-refractivity contribution in [3.63, 3.8) is 0 Å². The van der Waals surface area contributed by atoms with Crippen LogP contribution in [-0.4, -0.2) is 40.5 Å². The van der Waals surface area contributed by atoms with E-state index in [4.69, 9.17) is 6.42 Å². The molecule has 176 valence electrons. The Morgan fingerprint density at radius 1 is 1.06 bits per heavy atom. The van der Waals surface area contributed by atoms with Crippen molar-refractivity contribution >= 4 is 5.91 Å². The molecule has 0 fully saturated rings. The van der Waals surface area contributed by atoms with Gasteiger partial charge in [-0.2, -0.15) is 10.2 Å². The second-order valence-electron chi connectivity index (χ2n) is 8.63. The van der Waals surface area contributed by atoms with Crippen LogP contribution in [0.25, 0.3) is 0 Å². The molecule has 6 heteroatoms. The first-order valence-electron chi connectivity index (χ1n) is 12.2. The summed E-state index contributed by atoms with van der Waals surface area (Å²) >= 11 is 0. The minimum absolute atomic E-state index is 0.0934. The monoisotopic (exact) mass is 433 g/mol. The normalized spacial score (nSPS) is 16.2. The molecular formula is C25H43N3O3. The summed E-state index contributed by atoms with van der Waals surface area (Å²) < 4.78 is 0. The van der Waals surface area contributed by atoms with Gasteiger partial charge in [0.15, 0.2) is 5.66 Å². The number of hydrogen-bond donors (Lipinski definition) is 3. The van der Waals surface area contributed by atoms with Gasteiger partial charge >= 0.3 is 0 Å². The summed E-state index contributed by atoms with van der Waals surface area (Å²) in [5.74, 6) is 2.56. The minimum atomic E-state index is -0.855. The highest BCUT2D eigenvalue weighted by molar-refractivity contribution is 5.76. The minimum Gasteiger partial charge on any atom is -0.394 e. The molecule has 0 spiro atoms. The fraction of sp³-hybridized carbons (Fsp3) is 0.800. The van der Waals surface area contributed by atoms with Crippen LogP contribution in [0.4, 0.5) is 0 Å². The van der Waals surface area contributed by atoms with Gasteiger partial charge in [0.25, 0.3) is 0 Å². The van der Waals surface area contributed by atoms with Crippen molar-refractivity contribution in [1.82, 2.24) is 5.32 Å². The molecule has 3 N–H and O–H groups in total. The molecule has 0 aromatic carbocycles. The van der Waals surface area contributed by atoms with Crippen LogP contribution in [0.3, 0.4) is 0 Å². The van der Waals surface area contributed by atoms with Crippen LogP contribution in [0.5, 0.6) is 0 Å². The van der Waals surface area contributed by atoms with Crippen LogP contribution in [-0.2, 0) is 4.79 Å². The van der Waals surface area contributed by atoms with Crippen molar-refractivity contribution in [2.45, 2.75) is 121 Å². The summed E-state index contributed by atoms with van der Waals surface area (Å²) in [5, 5.41) is 30.8. The molecule has 2 unspecified atom stereocenters. The molecule has 0 radical (unpaired) electrons. The number of amides is 1. The van der Waals surface area contributed by atoms with Gasteiger partial charge in [-0.15, -0.1) is 12.3 Å². The Hall–Kier alpha value is -1.71. The highest BCUT2D eigenvalue weighted by atomic mass is 16.3. The maximum Gasteiger partial charge on any atom is 0.220 e. The molecule has 0 aromatic rings. The molecule has 1 heterocycles. The molecule has 1 amide bonds. The third kappa shape index (κ3) is 13.3. The zero-order valence-corrected chi connectivity index (χ0v) is 19.4. The summed E-state index contributed by atoms with van der Waals surface area (Å²) in [6.45, 7) is 1.82. The second kappa shape index (κ2) is 16.9. The molecule has 0 saturated heterocycles. The van der Waals surface area contributed by atoms with Gasteiger partial charge in [0, 0.05) is 12.8 Å². The van der Waals surface area contributed by atoms with E-state index in [0.717, 1.165) is 57.8 Å².